The first-order valence-electron chi connectivity index (χ1n) is 11.4. The summed E-state index contributed by atoms with van der Waals surface area (Å²) in [6.45, 7) is 8.14. The van der Waals surface area contributed by atoms with Gasteiger partial charge in [-0.15, -0.1) is 0 Å². The summed E-state index contributed by atoms with van der Waals surface area (Å²) in [6.07, 6.45) is 2.01. The molecule has 0 radical (unpaired) electrons. The van der Waals surface area contributed by atoms with Gasteiger partial charge in [0, 0.05) is 13.1 Å². The van der Waals surface area contributed by atoms with E-state index in [-0.39, 0.29) is 11.7 Å². The number of hydrogen-bond donors (Lipinski definition) is 2. The summed E-state index contributed by atoms with van der Waals surface area (Å²) >= 11 is 0. The maximum absolute atomic E-state index is 13.8. The van der Waals surface area contributed by atoms with E-state index >= 15 is 0 Å². The molecule has 0 bridgehead atoms. The predicted molar refractivity (Wildman–Crippen MR) is 130 cm³/mol. The van der Waals surface area contributed by atoms with Gasteiger partial charge in [0.1, 0.15) is 18.2 Å². The number of nitrogens with one attached hydrogen (secondary N) is 2. The van der Waals surface area contributed by atoms with E-state index < -0.39 is 5.82 Å². The van der Waals surface area contributed by atoms with Crippen LogP contribution in [0.4, 0.5) is 4.39 Å². The number of benzene rings is 2. The van der Waals surface area contributed by atoms with Gasteiger partial charge in [-0.2, -0.15) is 0 Å². The first-order valence-corrected chi connectivity index (χ1v) is 11.4. The number of carbonyl (C=O) groups excluding carboxylic acids is 2. The van der Waals surface area contributed by atoms with E-state index in [2.05, 4.69) is 10.6 Å². The molecule has 8 heteroatoms. The van der Waals surface area contributed by atoms with Crippen LogP contribution in [0.5, 0.6) is 5.75 Å². The van der Waals surface area contributed by atoms with Gasteiger partial charge in [-0.05, 0) is 74.8 Å². The largest absolute Gasteiger partial charge is 0.491 e. The molecule has 2 aromatic rings. The molecule has 34 heavy (non-hydrogen) atoms. The average Bonchev–Trinajstić information content (AvgIpc) is 2.85. The molecule has 1 saturated heterocycles. The zero-order valence-corrected chi connectivity index (χ0v) is 20.4. The van der Waals surface area contributed by atoms with Crippen molar-refractivity contribution >= 4 is 12.6 Å². The topological polar surface area (TPSA) is 85.9 Å². The second-order valence-corrected chi connectivity index (χ2v) is 8.05. The molecule has 7 nitrogen and oxygen atoms in total. The van der Waals surface area contributed by atoms with Crippen LogP contribution in [-0.4, -0.2) is 72.3 Å². The third-order valence-corrected chi connectivity index (χ3v) is 5.61. The predicted octanol–water partition coefficient (Wildman–Crippen LogP) is 2.88. The molecule has 2 N–H and O–H groups in total. The quantitative estimate of drug-likeness (QED) is 0.405. The SMILES string of the molecule is CNCC1COCCO1.CNCCOc1c(C=O)cc(Cc2ccc(C=O)c(F)c2)c(C)c1C. The number of hydrogen-bond acceptors (Lipinski definition) is 7. The molecule has 1 aliphatic rings. The third-order valence-electron chi connectivity index (χ3n) is 5.61. The van der Waals surface area contributed by atoms with Gasteiger partial charge in [0.05, 0.1) is 37.1 Å². The molecule has 3 rings (SSSR count). The van der Waals surface area contributed by atoms with Crippen LogP contribution in [0.2, 0.25) is 0 Å². The molecule has 0 aromatic heterocycles. The maximum Gasteiger partial charge on any atom is 0.153 e. The van der Waals surface area contributed by atoms with Gasteiger partial charge in [-0.1, -0.05) is 6.07 Å². The lowest BCUT2D eigenvalue weighted by Crippen LogP contribution is -2.35. The highest BCUT2D eigenvalue weighted by atomic mass is 19.1. The van der Waals surface area contributed by atoms with Crippen molar-refractivity contribution in [3.63, 3.8) is 0 Å². The van der Waals surface area contributed by atoms with Crippen molar-refractivity contribution in [2.75, 3.05) is 53.6 Å². The zero-order valence-electron chi connectivity index (χ0n) is 20.4. The van der Waals surface area contributed by atoms with Crippen molar-refractivity contribution in [1.29, 1.82) is 0 Å². The van der Waals surface area contributed by atoms with Gasteiger partial charge in [-0.25, -0.2) is 4.39 Å². The molecular formula is C26H35FN2O5. The second kappa shape index (κ2) is 14.6. The fourth-order valence-corrected chi connectivity index (χ4v) is 3.59. The Morgan fingerprint density at radius 1 is 1.06 bits per heavy atom. The molecule has 1 atom stereocenters. The first kappa shape index (κ1) is 27.6. The van der Waals surface area contributed by atoms with E-state index in [4.69, 9.17) is 14.2 Å². The molecular weight excluding hydrogens is 439 g/mol. The summed E-state index contributed by atoms with van der Waals surface area (Å²) in [7, 11) is 3.75. The summed E-state index contributed by atoms with van der Waals surface area (Å²) in [5, 5.41) is 6.03. The Labute approximate surface area is 201 Å². The Morgan fingerprint density at radius 3 is 2.41 bits per heavy atom. The normalized spacial score (nSPS) is 15.3. The maximum atomic E-state index is 13.8. The number of rotatable bonds is 10. The molecule has 1 heterocycles. The van der Waals surface area contributed by atoms with Crippen LogP contribution in [0.3, 0.4) is 0 Å². The van der Waals surface area contributed by atoms with Crippen molar-refractivity contribution < 1.29 is 28.2 Å². The summed E-state index contributed by atoms with van der Waals surface area (Å²) in [5.41, 5.74) is 4.11. The lowest BCUT2D eigenvalue weighted by Gasteiger charge is -2.22. The van der Waals surface area contributed by atoms with Crippen molar-refractivity contribution in [3.05, 3.63) is 63.5 Å². The molecule has 0 spiro atoms. The molecule has 1 fully saturated rings. The highest BCUT2D eigenvalue weighted by Crippen LogP contribution is 2.30. The van der Waals surface area contributed by atoms with Gasteiger partial charge in [0.2, 0.25) is 0 Å². The minimum Gasteiger partial charge on any atom is -0.491 e. The monoisotopic (exact) mass is 474 g/mol. The number of halogens is 1. The molecule has 0 saturated carbocycles. The van der Waals surface area contributed by atoms with E-state index in [1.165, 1.54) is 12.1 Å². The summed E-state index contributed by atoms with van der Waals surface area (Å²) in [6, 6.07) is 6.33. The molecule has 1 aliphatic heterocycles. The van der Waals surface area contributed by atoms with Crippen LogP contribution >= 0.6 is 0 Å². The number of aldehydes is 2. The Hall–Kier alpha value is -2.65. The molecule has 0 aliphatic carbocycles. The minimum absolute atomic E-state index is 0.0403. The Morgan fingerprint density at radius 2 is 1.82 bits per heavy atom. The second-order valence-electron chi connectivity index (χ2n) is 8.05. The van der Waals surface area contributed by atoms with E-state index in [1.807, 2.05) is 27.9 Å². The molecule has 0 amide bonds. The summed E-state index contributed by atoms with van der Waals surface area (Å²) in [5.74, 6) is 0.0542. The number of ether oxygens (including phenoxy) is 3. The number of carbonyl (C=O) groups is 2. The fourth-order valence-electron chi connectivity index (χ4n) is 3.59. The van der Waals surface area contributed by atoms with Crippen LogP contribution in [0.1, 0.15) is 43.0 Å². The number of likely N-dealkylation sites (N-methyl/N-ethyl adjacent to an activating group) is 2. The van der Waals surface area contributed by atoms with E-state index in [0.29, 0.717) is 37.2 Å². The highest BCUT2D eigenvalue weighted by molar-refractivity contribution is 5.81. The van der Waals surface area contributed by atoms with Crippen LogP contribution in [0.15, 0.2) is 24.3 Å². The highest BCUT2D eigenvalue weighted by Gasteiger charge is 2.15. The van der Waals surface area contributed by atoms with Crippen molar-refractivity contribution in [1.82, 2.24) is 10.6 Å². The third kappa shape index (κ3) is 7.99. The minimum atomic E-state index is -0.537. The van der Waals surface area contributed by atoms with E-state index in [1.54, 1.807) is 12.1 Å². The summed E-state index contributed by atoms with van der Waals surface area (Å²) in [4.78, 5) is 22.2. The zero-order chi connectivity index (χ0) is 24.9. The van der Waals surface area contributed by atoms with Gasteiger partial charge < -0.3 is 24.8 Å². The van der Waals surface area contributed by atoms with Crippen LogP contribution in [0, 0.1) is 19.7 Å². The average molecular weight is 475 g/mol. The van der Waals surface area contributed by atoms with Crippen LogP contribution in [-0.2, 0) is 15.9 Å². The summed E-state index contributed by atoms with van der Waals surface area (Å²) < 4.78 is 30.0. The first-order chi connectivity index (χ1) is 16.4. The Kier molecular flexibility index (Phi) is 11.8. The van der Waals surface area contributed by atoms with Crippen molar-refractivity contribution in [3.8, 4) is 5.75 Å². The molecule has 186 valence electrons. The van der Waals surface area contributed by atoms with Crippen molar-refractivity contribution in [2.45, 2.75) is 26.4 Å². The van der Waals surface area contributed by atoms with Crippen molar-refractivity contribution in [2.24, 2.45) is 0 Å². The van der Waals surface area contributed by atoms with Gasteiger partial charge in [0.15, 0.2) is 12.6 Å². The smallest absolute Gasteiger partial charge is 0.153 e. The van der Waals surface area contributed by atoms with Crippen LogP contribution < -0.4 is 15.4 Å². The van der Waals surface area contributed by atoms with E-state index in [9.17, 15) is 14.0 Å². The molecule has 2 aromatic carbocycles. The van der Waals surface area contributed by atoms with E-state index in [0.717, 1.165) is 54.9 Å². The van der Waals surface area contributed by atoms with Gasteiger partial charge >= 0.3 is 0 Å². The Balaban J connectivity index is 0.000000379. The lowest BCUT2D eigenvalue weighted by molar-refractivity contribution is -0.0858. The van der Waals surface area contributed by atoms with Crippen LogP contribution in [0.25, 0.3) is 0 Å². The fraction of sp³-hybridized carbons (Fsp3) is 0.462. The Bertz CT molecular complexity index is 943. The molecule has 1 unspecified atom stereocenters. The standard InChI is InChI=1S/C20H22FNO3.C6H13NO2/c1-13-14(2)20(25-7-6-22-3)18(12-24)10-17(13)8-15-4-5-16(11-23)19(21)9-15;1-7-4-6-5-8-2-3-9-6/h4-5,9-12,22H,6-8H2,1-3H3;6-7H,2-5H2,1H3. The lowest BCUT2D eigenvalue weighted by atomic mass is 9.93. The van der Waals surface area contributed by atoms with Gasteiger partial charge in [0.25, 0.3) is 0 Å². The van der Waals surface area contributed by atoms with Gasteiger partial charge in [-0.3, -0.25) is 9.59 Å².